The predicted molar refractivity (Wildman–Crippen MR) is 55.9 cm³/mol. The van der Waals surface area contributed by atoms with Crippen LogP contribution in [-0.2, 0) is 0 Å². The van der Waals surface area contributed by atoms with Gasteiger partial charge in [-0.05, 0) is 58.8 Å². The molecule has 0 amide bonds. The van der Waals surface area contributed by atoms with Crippen molar-refractivity contribution in [1.82, 2.24) is 9.80 Å². The minimum atomic E-state index is 0.681. The van der Waals surface area contributed by atoms with Crippen molar-refractivity contribution in [2.75, 3.05) is 33.7 Å². The summed E-state index contributed by atoms with van der Waals surface area (Å²) < 4.78 is 0. The number of rotatable bonds is 0. The quantitative estimate of drug-likeness (QED) is 0.559. The Hall–Kier alpha value is -0.0800. The molecule has 0 aromatic rings. The van der Waals surface area contributed by atoms with Gasteiger partial charge in [-0.3, -0.25) is 0 Å². The first-order valence-electron chi connectivity index (χ1n) is 5.50. The van der Waals surface area contributed by atoms with E-state index in [0.29, 0.717) is 5.41 Å². The lowest BCUT2D eigenvalue weighted by Gasteiger charge is -2.37. The van der Waals surface area contributed by atoms with E-state index in [1.807, 2.05) is 0 Å². The Bertz CT molecular complexity index is 171. The van der Waals surface area contributed by atoms with E-state index in [1.54, 1.807) is 0 Å². The zero-order chi connectivity index (χ0) is 9.47. The van der Waals surface area contributed by atoms with Crippen molar-refractivity contribution in [3.05, 3.63) is 0 Å². The highest BCUT2D eigenvalue weighted by atomic mass is 15.2. The third kappa shape index (κ3) is 1.75. The molecule has 2 aliphatic heterocycles. The maximum Gasteiger partial charge on any atom is 0.00698 e. The first-order valence-corrected chi connectivity index (χ1v) is 5.50. The molecule has 0 aliphatic carbocycles. The number of hydrogen-bond acceptors (Lipinski definition) is 2. The Morgan fingerprint density at radius 3 is 2.23 bits per heavy atom. The summed E-state index contributed by atoms with van der Waals surface area (Å²) in [5, 5.41) is 0. The van der Waals surface area contributed by atoms with Gasteiger partial charge in [-0.15, -0.1) is 0 Å². The molecule has 0 unspecified atom stereocenters. The molecular formula is C11H22N2. The third-order valence-electron chi connectivity index (χ3n) is 4.11. The highest BCUT2D eigenvalue weighted by Gasteiger charge is 2.41. The monoisotopic (exact) mass is 182 g/mol. The molecule has 0 bridgehead atoms. The molecular weight excluding hydrogens is 160 g/mol. The molecule has 2 rings (SSSR count). The van der Waals surface area contributed by atoms with Crippen LogP contribution in [0.3, 0.4) is 0 Å². The summed E-state index contributed by atoms with van der Waals surface area (Å²) in [5.74, 6) is 0. The Balaban J connectivity index is 1.99. The topological polar surface area (TPSA) is 6.48 Å². The highest BCUT2D eigenvalue weighted by Crippen LogP contribution is 2.42. The number of likely N-dealkylation sites (tertiary alicyclic amines) is 2. The van der Waals surface area contributed by atoms with Crippen molar-refractivity contribution >= 4 is 0 Å². The maximum atomic E-state index is 2.53. The fourth-order valence-electron chi connectivity index (χ4n) is 2.99. The van der Waals surface area contributed by atoms with Gasteiger partial charge >= 0.3 is 0 Å². The number of nitrogens with zero attached hydrogens (tertiary/aromatic N) is 2. The van der Waals surface area contributed by atoms with Crippen LogP contribution in [0.5, 0.6) is 0 Å². The van der Waals surface area contributed by atoms with Crippen LogP contribution in [0.25, 0.3) is 0 Å². The molecule has 13 heavy (non-hydrogen) atoms. The fourth-order valence-corrected chi connectivity index (χ4v) is 2.99. The molecule has 2 heteroatoms. The zero-order valence-electron chi connectivity index (χ0n) is 9.21. The first-order chi connectivity index (χ1) is 6.11. The van der Waals surface area contributed by atoms with Crippen LogP contribution in [0, 0.1) is 5.41 Å². The summed E-state index contributed by atoms with van der Waals surface area (Å²) in [6.07, 6.45) is 4.26. The standard InChI is InChI=1S/C11H22N2/c1-10-8-11(9-13(10)3)4-6-12(2)7-5-11/h10H,4-9H2,1-3H3/t10-/m0/s1. The minimum absolute atomic E-state index is 0.681. The average molecular weight is 182 g/mol. The largest absolute Gasteiger partial charge is 0.306 e. The summed E-state index contributed by atoms with van der Waals surface area (Å²) in [5.41, 5.74) is 0.681. The van der Waals surface area contributed by atoms with Gasteiger partial charge in [-0.2, -0.15) is 0 Å². The normalized spacial score (nSPS) is 35.8. The van der Waals surface area contributed by atoms with E-state index in [9.17, 15) is 0 Å². The van der Waals surface area contributed by atoms with E-state index in [0.717, 1.165) is 6.04 Å². The van der Waals surface area contributed by atoms with Crippen LogP contribution in [0.15, 0.2) is 0 Å². The predicted octanol–water partition coefficient (Wildman–Crippen LogP) is 1.42. The SMILES string of the molecule is C[C@H]1CC2(CCN(C)CC2)CN1C. The molecule has 2 nitrogen and oxygen atoms in total. The van der Waals surface area contributed by atoms with Gasteiger partial charge in [0.1, 0.15) is 0 Å². The van der Waals surface area contributed by atoms with E-state index < -0.39 is 0 Å². The Labute approximate surface area is 81.9 Å². The number of piperidine rings is 1. The molecule has 0 aromatic heterocycles. The van der Waals surface area contributed by atoms with Gasteiger partial charge in [0.25, 0.3) is 0 Å². The number of hydrogen-bond donors (Lipinski definition) is 0. The summed E-state index contributed by atoms with van der Waals surface area (Å²) in [6.45, 7) is 6.32. The van der Waals surface area contributed by atoms with Crippen LogP contribution >= 0.6 is 0 Å². The van der Waals surface area contributed by atoms with Crippen LogP contribution in [-0.4, -0.2) is 49.6 Å². The van der Waals surface area contributed by atoms with Crippen LogP contribution in [0.1, 0.15) is 26.2 Å². The van der Waals surface area contributed by atoms with Crippen LogP contribution < -0.4 is 0 Å². The van der Waals surface area contributed by atoms with Crippen LogP contribution in [0.2, 0.25) is 0 Å². The zero-order valence-corrected chi connectivity index (χ0v) is 9.21. The first kappa shape index (κ1) is 9.47. The van der Waals surface area contributed by atoms with E-state index in [-0.39, 0.29) is 0 Å². The molecule has 0 aromatic carbocycles. The molecule has 2 heterocycles. The third-order valence-corrected chi connectivity index (χ3v) is 4.11. The second-order valence-electron chi connectivity index (χ2n) is 5.27. The van der Waals surface area contributed by atoms with E-state index in [1.165, 1.54) is 38.9 Å². The van der Waals surface area contributed by atoms with Crippen molar-refractivity contribution in [2.24, 2.45) is 5.41 Å². The van der Waals surface area contributed by atoms with Crippen molar-refractivity contribution < 1.29 is 0 Å². The molecule has 2 fully saturated rings. The lowest BCUT2D eigenvalue weighted by atomic mass is 9.77. The van der Waals surface area contributed by atoms with Gasteiger partial charge in [0.2, 0.25) is 0 Å². The van der Waals surface area contributed by atoms with E-state index in [4.69, 9.17) is 0 Å². The average Bonchev–Trinajstić information content (AvgIpc) is 2.36. The Kier molecular flexibility index (Phi) is 2.37. The Morgan fingerprint density at radius 2 is 1.77 bits per heavy atom. The second kappa shape index (κ2) is 3.25. The summed E-state index contributed by atoms with van der Waals surface area (Å²) in [6, 6.07) is 0.809. The van der Waals surface area contributed by atoms with Gasteiger partial charge < -0.3 is 9.80 Å². The van der Waals surface area contributed by atoms with Gasteiger partial charge in [0, 0.05) is 12.6 Å². The van der Waals surface area contributed by atoms with Gasteiger partial charge in [-0.25, -0.2) is 0 Å². The Morgan fingerprint density at radius 1 is 1.15 bits per heavy atom. The fraction of sp³-hybridized carbons (Fsp3) is 1.00. The maximum absolute atomic E-state index is 2.53. The molecule has 0 radical (unpaired) electrons. The van der Waals surface area contributed by atoms with E-state index >= 15 is 0 Å². The molecule has 2 aliphatic rings. The smallest absolute Gasteiger partial charge is 0.00698 e. The summed E-state index contributed by atoms with van der Waals surface area (Å²) in [7, 11) is 4.52. The summed E-state index contributed by atoms with van der Waals surface area (Å²) >= 11 is 0. The van der Waals surface area contributed by atoms with Crippen LogP contribution in [0.4, 0.5) is 0 Å². The van der Waals surface area contributed by atoms with Gasteiger partial charge in [0.15, 0.2) is 0 Å². The van der Waals surface area contributed by atoms with Crippen molar-refractivity contribution in [3.8, 4) is 0 Å². The molecule has 1 spiro atoms. The second-order valence-corrected chi connectivity index (χ2v) is 5.27. The highest BCUT2D eigenvalue weighted by molar-refractivity contribution is 4.95. The van der Waals surface area contributed by atoms with Gasteiger partial charge in [-0.1, -0.05) is 0 Å². The van der Waals surface area contributed by atoms with Crippen molar-refractivity contribution in [3.63, 3.8) is 0 Å². The lowest BCUT2D eigenvalue weighted by molar-refractivity contribution is 0.130. The van der Waals surface area contributed by atoms with E-state index in [2.05, 4.69) is 30.8 Å². The molecule has 0 N–H and O–H groups in total. The molecule has 76 valence electrons. The van der Waals surface area contributed by atoms with Gasteiger partial charge in [0.05, 0.1) is 0 Å². The molecule has 2 saturated heterocycles. The van der Waals surface area contributed by atoms with Crippen molar-refractivity contribution in [2.45, 2.75) is 32.2 Å². The van der Waals surface area contributed by atoms with Crippen molar-refractivity contribution in [1.29, 1.82) is 0 Å². The lowest BCUT2D eigenvalue weighted by Crippen LogP contribution is -2.39. The minimum Gasteiger partial charge on any atom is -0.306 e. The summed E-state index contributed by atoms with van der Waals surface area (Å²) in [4.78, 5) is 5.00. The molecule has 0 saturated carbocycles. The molecule has 1 atom stereocenters.